The van der Waals surface area contributed by atoms with Crippen LogP contribution in [-0.4, -0.2) is 34.8 Å². The van der Waals surface area contributed by atoms with Crippen molar-refractivity contribution in [1.82, 2.24) is 15.1 Å². The van der Waals surface area contributed by atoms with Gasteiger partial charge in [-0.1, -0.05) is 32.0 Å². The normalized spacial score (nSPS) is 11.1. The topological polar surface area (TPSA) is 73.2 Å². The Morgan fingerprint density at radius 3 is 2.52 bits per heavy atom. The molecule has 1 heterocycles. The number of carbonyl (C=O) groups is 2. The van der Waals surface area contributed by atoms with E-state index in [-0.39, 0.29) is 18.3 Å². The monoisotopic (exact) mass is 421 g/mol. The number of rotatable bonds is 8. The van der Waals surface area contributed by atoms with E-state index in [4.69, 9.17) is 4.74 Å². The van der Waals surface area contributed by atoms with Crippen LogP contribution in [0.1, 0.15) is 19.4 Å². The van der Waals surface area contributed by atoms with Gasteiger partial charge in [-0.25, -0.2) is 13.9 Å². The number of esters is 1. The first-order chi connectivity index (χ1) is 14.9. The maximum absolute atomic E-state index is 13.3. The SMILES string of the molecule is CC(C)CNC(=O)COC(=O)/C=C/c1cn(-c2ccccc2)nc1-c1ccc(F)cc1. The molecule has 3 rings (SSSR count). The molecule has 1 aromatic heterocycles. The van der Waals surface area contributed by atoms with E-state index in [2.05, 4.69) is 10.4 Å². The highest BCUT2D eigenvalue weighted by atomic mass is 19.1. The minimum absolute atomic E-state index is 0.311. The molecule has 1 amide bonds. The Morgan fingerprint density at radius 1 is 1.13 bits per heavy atom. The molecule has 0 bridgehead atoms. The number of hydrogen-bond acceptors (Lipinski definition) is 4. The van der Waals surface area contributed by atoms with E-state index in [9.17, 15) is 14.0 Å². The lowest BCUT2D eigenvalue weighted by Gasteiger charge is -2.07. The fourth-order valence-electron chi connectivity index (χ4n) is 2.77. The summed E-state index contributed by atoms with van der Waals surface area (Å²) in [4.78, 5) is 23.8. The van der Waals surface area contributed by atoms with Crippen LogP contribution in [0.5, 0.6) is 0 Å². The number of aromatic nitrogens is 2. The third kappa shape index (κ3) is 6.37. The molecular formula is C24H24FN3O3. The maximum atomic E-state index is 13.3. The number of para-hydroxylation sites is 1. The minimum atomic E-state index is -0.641. The van der Waals surface area contributed by atoms with Crippen LogP contribution in [0.2, 0.25) is 0 Å². The summed E-state index contributed by atoms with van der Waals surface area (Å²) in [5.74, 6) is -1.02. The Kier molecular flexibility index (Phi) is 7.32. The number of nitrogens with one attached hydrogen (secondary N) is 1. The second-order valence-electron chi connectivity index (χ2n) is 7.36. The Balaban J connectivity index is 1.77. The number of carbonyl (C=O) groups excluding carboxylic acids is 2. The van der Waals surface area contributed by atoms with Crippen molar-refractivity contribution in [2.24, 2.45) is 5.92 Å². The summed E-state index contributed by atoms with van der Waals surface area (Å²) < 4.78 is 20.0. The second-order valence-corrected chi connectivity index (χ2v) is 7.36. The van der Waals surface area contributed by atoms with E-state index in [1.54, 1.807) is 29.1 Å². The summed E-state index contributed by atoms with van der Waals surface area (Å²) in [6, 6.07) is 15.5. The number of halogens is 1. The Morgan fingerprint density at radius 2 is 1.84 bits per heavy atom. The fourth-order valence-corrected chi connectivity index (χ4v) is 2.77. The first-order valence-corrected chi connectivity index (χ1v) is 9.95. The minimum Gasteiger partial charge on any atom is -0.452 e. The predicted molar refractivity (Wildman–Crippen MR) is 117 cm³/mol. The van der Waals surface area contributed by atoms with E-state index in [1.165, 1.54) is 18.2 Å². The molecule has 6 nitrogen and oxygen atoms in total. The van der Waals surface area contributed by atoms with Gasteiger partial charge in [0.15, 0.2) is 6.61 Å². The lowest BCUT2D eigenvalue weighted by molar-refractivity contribution is -0.143. The van der Waals surface area contributed by atoms with Gasteiger partial charge in [-0.15, -0.1) is 0 Å². The Bertz CT molecular complexity index is 1060. The van der Waals surface area contributed by atoms with E-state index >= 15 is 0 Å². The van der Waals surface area contributed by atoms with Crippen LogP contribution in [0.3, 0.4) is 0 Å². The van der Waals surface area contributed by atoms with Gasteiger partial charge >= 0.3 is 5.97 Å². The second kappa shape index (κ2) is 10.3. The van der Waals surface area contributed by atoms with Gasteiger partial charge in [0.1, 0.15) is 5.82 Å². The maximum Gasteiger partial charge on any atom is 0.331 e. The largest absolute Gasteiger partial charge is 0.452 e. The van der Waals surface area contributed by atoms with Crippen molar-refractivity contribution in [3.63, 3.8) is 0 Å². The highest BCUT2D eigenvalue weighted by Crippen LogP contribution is 2.25. The molecule has 0 spiro atoms. The lowest BCUT2D eigenvalue weighted by atomic mass is 10.1. The quantitative estimate of drug-likeness (QED) is 0.441. The van der Waals surface area contributed by atoms with Gasteiger partial charge < -0.3 is 10.1 Å². The zero-order valence-electron chi connectivity index (χ0n) is 17.4. The van der Waals surface area contributed by atoms with Gasteiger partial charge in [0.05, 0.1) is 11.4 Å². The van der Waals surface area contributed by atoms with Crippen molar-refractivity contribution in [3.8, 4) is 16.9 Å². The van der Waals surface area contributed by atoms with Crippen LogP contribution in [-0.2, 0) is 14.3 Å². The number of nitrogens with zero attached hydrogens (tertiary/aromatic N) is 2. The average molecular weight is 421 g/mol. The molecule has 0 unspecified atom stereocenters. The van der Waals surface area contributed by atoms with Gasteiger partial charge in [0.25, 0.3) is 5.91 Å². The molecule has 0 aliphatic heterocycles. The van der Waals surface area contributed by atoms with Gasteiger partial charge in [-0.2, -0.15) is 5.10 Å². The van der Waals surface area contributed by atoms with Crippen LogP contribution in [0, 0.1) is 11.7 Å². The van der Waals surface area contributed by atoms with Crippen molar-refractivity contribution >= 4 is 18.0 Å². The zero-order chi connectivity index (χ0) is 22.2. The number of amides is 1. The Hall–Kier alpha value is -3.74. The van der Waals surface area contributed by atoms with Crippen LogP contribution in [0.15, 0.2) is 66.9 Å². The standard InChI is InChI=1S/C24H24FN3O3/c1-17(2)14-26-22(29)16-31-23(30)13-10-19-15-28(21-6-4-3-5-7-21)27-24(19)18-8-11-20(25)12-9-18/h3-13,15,17H,14,16H2,1-2H3,(H,26,29)/b13-10+. The molecule has 0 saturated heterocycles. The molecule has 3 aromatic rings. The first-order valence-electron chi connectivity index (χ1n) is 9.95. The third-order valence-corrected chi connectivity index (χ3v) is 4.33. The van der Waals surface area contributed by atoms with Crippen LogP contribution >= 0.6 is 0 Å². The zero-order valence-corrected chi connectivity index (χ0v) is 17.4. The molecule has 0 fully saturated rings. The fraction of sp³-hybridized carbons (Fsp3) is 0.208. The molecule has 0 radical (unpaired) electrons. The average Bonchev–Trinajstić information content (AvgIpc) is 3.20. The van der Waals surface area contributed by atoms with Crippen molar-refractivity contribution in [2.45, 2.75) is 13.8 Å². The van der Waals surface area contributed by atoms with E-state index in [1.807, 2.05) is 44.2 Å². The summed E-state index contributed by atoms with van der Waals surface area (Å²) in [6.45, 7) is 4.13. The van der Waals surface area contributed by atoms with E-state index in [0.717, 1.165) is 5.69 Å². The van der Waals surface area contributed by atoms with Gasteiger partial charge in [0, 0.05) is 29.9 Å². The molecule has 0 aliphatic rings. The number of benzene rings is 2. The third-order valence-electron chi connectivity index (χ3n) is 4.33. The lowest BCUT2D eigenvalue weighted by Crippen LogP contribution is -2.31. The summed E-state index contributed by atoms with van der Waals surface area (Å²) >= 11 is 0. The smallest absolute Gasteiger partial charge is 0.331 e. The number of hydrogen-bond donors (Lipinski definition) is 1. The molecule has 160 valence electrons. The first kappa shape index (κ1) is 22.0. The van der Waals surface area contributed by atoms with Crippen LogP contribution < -0.4 is 5.32 Å². The van der Waals surface area contributed by atoms with Gasteiger partial charge in [0.2, 0.25) is 0 Å². The van der Waals surface area contributed by atoms with E-state index in [0.29, 0.717) is 29.3 Å². The Labute approximate surface area is 180 Å². The summed E-state index contributed by atoms with van der Waals surface area (Å²) in [5, 5.41) is 7.28. The predicted octanol–water partition coefficient (Wildman–Crippen LogP) is 4.01. The molecule has 7 heteroatoms. The molecule has 0 aliphatic carbocycles. The molecule has 0 atom stereocenters. The number of ether oxygens (including phenoxy) is 1. The molecule has 0 saturated carbocycles. The van der Waals surface area contributed by atoms with Crippen molar-refractivity contribution in [3.05, 3.63) is 78.3 Å². The van der Waals surface area contributed by atoms with Crippen molar-refractivity contribution < 1.29 is 18.7 Å². The van der Waals surface area contributed by atoms with Crippen LogP contribution in [0.4, 0.5) is 4.39 Å². The molecule has 1 N–H and O–H groups in total. The van der Waals surface area contributed by atoms with Crippen molar-refractivity contribution in [1.29, 1.82) is 0 Å². The highest BCUT2D eigenvalue weighted by Gasteiger charge is 2.12. The molecule has 2 aromatic carbocycles. The van der Waals surface area contributed by atoms with E-state index < -0.39 is 5.97 Å². The molecule has 31 heavy (non-hydrogen) atoms. The summed E-state index contributed by atoms with van der Waals surface area (Å²) in [7, 11) is 0. The summed E-state index contributed by atoms with van der Waals surface area (Å²) in [5.41, 5.74) is 2.78. The summed E-state index contributed by atoms with van der Waals surface area (Å²) in [6.07, 6.45) is 4.59. The highest BCUT2D eigenvalue weighted by molar-refractivity contribution is 5.90. The van der Waals surface area contributed by atoms with Crippen molar-refractivity contribution in [2.75, 3.05) is 13.2 Å². The van der Waals surface area contributed by atoms with Gasteiger partial charge in [-0.3, -0.25) is 4.79 Å². The van der Waals surface area contributed by atoms with Gasteiger partial charge in [-0.05, 0) is 48.4 Å². The van der Waals surface area contributed by atoms with Crippen LogP contribution in [0.25, 0.3) is 23.0 Å². The molecular weight excluding hydrogens is 397 g/mol.